The molecular formula is C24H32N4O2. The van der Waals surface area contributed by atoms with E-state index in [1.807, 2.05) is 19.1 Å². The number of amides is 1. The molecule has 3 rings (SSSR count). The Bertz CT molecular complexity index is 908. The van der Waals surface area contributed by atoms with Gasteiger partial charge in [0, 0.05) is 25.7 Å². The minimum Gasteiger partial charge on any atom is -0.496 e. The summed E-state index contributed by atoms with van der Waals surface area (Å²) >= 11 is 0. The molecule has 2 aromatic rings. The maximum absolute atomic E-state index is 12.1. The van der Waals surface area contributed by atoms with Crippen molar-refractivity contribution < 1.29 is 9.53 Å². The van der Waals surface area contributed by atoms with Crippen LogP contribution in [-0.4, -0.2) is 50.6 Å². The SMILES string of the molecule is COc1cc(C)ccc1CN=C(NCC(=O)N(C)C)NC1CCc2ccccc2C1. The van der Waals surface area contributed by atoms with Gasteiger partial charge in [-0.15, -0.1) is 0 Å². The fourth-order valence-electron chi connectivity index (χ4n) is 3.63. The Balaban J connectivity index is 1.73. The zero-order chi connectivity index (χ0) is 21.5. The van der Waals surface area contributed by atoms with Gasteiger partial charge in [0.25, 0.3) is 0 Å². The van der Waals surface area contributed by atoms with Gasteiger partial charge in [0.2, 0.25) is 5.91 Å². The van der Waals surface area contributed by atoms with E-state index in [0.29, 0.717) is 12.5 Å². The van der Waals surface area contributed by atoms with Crippen molar-refractivity contribution in [2.24, 2.45) is 4.99 Å². The number of aryl methyl sites for hydroxylation is 2. The lowest BCUT2D eigenvalue weighted by atomic mass is 9.88. The summed E-state index contributed by atoms with van der Waals surface area (Å²) in [5, 5.41) is 6.74. The first-order valence-electron chi connectivity index (χ1n) is 10.4. The number of aliphatic imine (C=N–C) groups is 1. The van der Waals surface area contributed by atoms with E-state index in [4.69, 9.17) is 9.73 Å². The van der Waals surface area contributed by atoms with Crippen LogP contribution >= 0.6 is 0 Å². The molecule has 1 aliphatic rings. The average molecular weight is 409 g/mol. The van der Waals surface area contributed by atoms with Crippen molar-refractivity contribution >= 4 is 11.9 Å². The van der Waals surface area contributed by atoms with E-state index in [2.05, 4.69) is 41.0 Å². The number of benzene rings is 2. The molecule has 0 saturated heterocycles. The minimum absolute atomic E-state index is 0.00593. The third-order valence-corrected chi connectivity index (χ3v) is 5.44. The van der Waals surface area contributed by atoms with E-state index in [1.54, 1.807) is 26.1 Å². The van der Waals surface area contributed by atoms with Gasteiger partial charge in [-0.2, -0.15) is 0 Å². The van der Waals surface area contributed by atoms with Crippen LogP contribution < -0.4 is 15.4 Å². The number of carbonyl (C=O) groups is 1. The van der Waals surface area contributed by atoms with Crippen LogP contribution in [0.25, 0.3) is 0 Å². The van der Waals surface area contributed by atoms with Crippen LogP contribution in [-0.2, 0) is 24.2 Å². The lowest BCUT2D eigenvalue weighted by molar-refractivity contribution is -0.127. The number of likely N-dealkylation sites (N-methyl/N-ethyl adjacent to an activating group) is 1. The van der Waals surface area contributed by atoms with Crippen LogP contribution in [0.15, 0.2) is 47.5 Å². The van der Waals surface area contributed by atoms with Crippen LogP contribution in [0.5, 0.6) is 5.75 Å². The molecule has 0 heterocycles. The second-order valence-corrected chi connectivity index (χ2v) is 7.97. The van der Waals surface area contributed by atoms with Crippen molar-refractivity contribution in [2.45, 2.75) is 38.8 Å². The van der Waals surface area contributed by atoms with Crippen molar-refractivity contribution in [3.05, 3.63) is 64.7 Å². The van der Waals surface area contributed by atoms with E-state index in [-0.39, 0.29) is 18.5 Å². The van der Waals surface area contributed by atoms with Gasteiger partial charge in [-0.25, -0.2) is 4.99 Å². The number of carbonyl (C=O) groups excluding carboxylic acids is 1. The third kappa shape index (κ3) is 5.75. The van der Waals surface area contributed by atoms with Gasteiger partial charge in [0.05, 0.1) is 20.2 Å². The molecule has 2 N–H and O–H groups in total. The zero-order valence-corrected chi connectivity index (χ0v) is 18.4. The summed E-state index contributed by atoms with van der Waals surface area (Å²) in [5.74, 6) is 1.48. The normalized spacial score (nSPS) is 15.9. The van der Waals surface area contributed by atoms with Gasteiger partial charge in [-0.05, 0) is 48.9 Å². The molecule has 0 bridgehead atoms. The van der Waals surface area contributed by atoms with Gasteiger partial charge in [0.1, 0.15) is 5.75 Å². The molecule has 0 fully saturated rings. The Morgan fingerprint density at radius 1 is 1.20 bits per heavy atom. The van der Waals surface area contributed by atoms with Crippen molar-refractivity contribution in [2.75, 3.05) is 27.7 Å². The van der Waals surface area contributed by atoms with Crippen LogP contribution in [0.2, 0.25) is 0 Å². The van der Waals surface area contributed by atoms with E-state index < -0.39 is 0 Å². The number of ether oxygens (including phenoxy) is 1. The van der Waals surface area contributed by atoms with E-state index in [1.165, 1.54) is 11.1 Å². The van der Waals surface area contributed by atoms with Gasteiger partial charge in [0.15, 0.2) is 5.96 Å². The van der Waals surface area contributed by atoms with Crippen molar-refractivity contribution in [3.8, 4) is 5.75 Å². The van der Waals surface area contributed by atoms with Crippen LogP contribution in [0.1, 0.15) is 28.7 Å². The van der Waals surface area contributed by atoms with Crippen molar-refractivity contribution in [3.63, 3.8) is 0 Å². The average Bonchev–Trinajstić information content (AvgIpc) is 2.75. The fraction of sp³-hybridized carbons (Fsp3) is 0.417. The quantitative estimate of drug-likeness (QED) is 0.570. The molecule has 1 atom stereocenters. The van der Waals surface area contributed by atoms with Crippen LogP contribution in [0.3, 0.4) is 0 Å². The maximum Gasteiger partial charge on any atom is 0.241 e. The second-order valence-electron chi connectivity index (χ2n) is 7.97. The Hall–Kier alpha value is -3.02. The summed E-state index contributed by atoms with van der Waals surface area (Å²) in [7, 11) is 5.18. The first kappa shape index (κ1) is 21.7. The molecule has 2 aromatic carbocycles. The molecule has 0 saturated carbocycles. The van der Waals surface area contributed by atoms with Gasteiger partial charge in [-0.1, -0.05) is 36.4 Å². The van der Waals surface area contributed by atoms with E-state index in [9.17, 15) is 4.79 Å². The van der Waals surface area contributed by atoms with E-state index >= 15 is 0 Å². The van der Waals surface area contributed by atoms with Gasteiger partial charge in [-0.3, -0.25) is 4.79 Å². The highest BCUT2D eigenvalue weighted by atomic mass is 16.5. The number of hydrogen-bond acceptors (Lipinski definition) is 3. The number of hydrogen-bond donors (Lipinski definition) is 2. The highest BCUT2D eigenvalue weighted by Crippen LogP contribution is 2.22. The monoisotopic (exact) mass is 408 g/mol. The maximum atomic E-state index is 12.1. The second kappa shape index (κ2) is 10.1. The topological polar surface area (TPSA) is 66.0 Å². The number of nitrogens with zero attached hydrogens (tertiary/aromatic N) is 2. The first-order chi connectivity index (χ1) is 14.5. The fourth-order valence-corrected chi connectivity index (χ4v) is 3.63. The molecular weight excluding hydrogens is 376 g/mol. The minimum atomic E-state index is 0.00593. The van der Waals surface area contributed by atoms with Gasteiger partial charge < -0.3 is 20.3 Å². The van der Waals surface area contributed by atoms with Crippen LogP contribution in [0.4, 0.5) is 0 Å². The predicted molar refractivity (Wildman–Crippen MR) is 121 cm³/mol. The summed E-state index contributed by atoms with van der Waals surface area (Å²) < 4.78 is 5.51. The number of methoxy groups -OCH3 is 1. The Labute approximate surface area is 179 Å². The Morgan fingerprint density at radius 2 is 1.97 bits per heavy atom. The molecule has 1 aliphatic carbocycles. The summed E-state index contributed by atoms with van der Waals surface area (Å²) in [6.07, 6.45) is 3.03. The smallest absolute Gasteiger partial charge is 0.241 e. The highest BCUT2D eigenvalue weighted by molar-refractivity contribution is 5.86. The standard InChI is InChI=1S/C24H32N4O2/c1-17-9-10-20(22(13-17)30-4)15-25-24(26-16-23(29)28(2)3)27-21-12-11-18-7-5-6-8-19(18)14-21/h5-10,13,21H,11-12,14-16H2,1-4H3,(H2,25,26,27). The molecule has 0 spiro atoms. The molecule has 6 nitrogen and oxygen atoms in total. The van der Waals surface area contributed by atoms with Gasteiger partial charge >= 0.3 is 0 Å². The molecule has 1 unspecified atom stereocenters. The molecule has 6 heteroatoms. The van der Waals surface area contributed by atoms with E-state index in [0.717, 1.165) is 36.1 Å². The lowest BCUT2D eigenvalue weighted by Crippen LogP contribution is -2.48. The molecule has 160 valence electrons. The van der Waals surface area contributed by atoms with Crippen molar-refractivity contribution in [1.82, 2.24) is 15.5 Å². The number of rotatable bonds is 6. The summed E-state index contributed by atoms with van der Waals surface area (Å²) in [6.45, 7) is 2.71. The summed E-state index contributed by atoms with van der Waals surface area (Å²) in [4.78, 5) is 18.4. The predicted octanol–water partition coefficient (Wildman–Crippen LogP) is 2.68. The number of nitrogens with one attached hydrogen (secondary N) is 2. The molecule has 30 heavy (non-hydrogen) atoms. The number of guanidine groups is 1. The molecule has 0 radical (unpaired) electrons. The highest BCUT2D eigenvalue weighted by Gasteiger charge is 2.19. The summed E-state index contributed by atoms with van der Waals surface area (Å²) in [6, 6.07) is 15.0. The molecule has 0 aliphatic heterocycles. The first-order valence-corrected chi connectivity index (χ1v) is 10.4. The van der Waals surface area contributed by atoms with Crippen molar-refractivity contribution in [1.29, 1.82) is 0 Å². The molecule has 1 amide bonds. The third-order valence-electron chi connectivity index (χ3n) is 5.44. The summed E-state index contributed by atoms with van der Waals surface area (Å²) in [5.41, 5.74) is 4.96. The number of fused-ring (bicyclic) bond motifs is 1. The Morgan fingerprint density at radius 3 is 2.70 bits per heavy atom. The van der Waals surface area contributed by atoms with Crippen LogP contribution in [0, 0.1) is 6.92 Å². The Kier molecular flexibility index (Phi) is 7.33. The zero-order valence-electron chi connectivity index (χ0n) is 18.4. The largest absolute Gasteiger partial charge is 0.496 e. The lowest BCUT2D eigenvalue weighted by Gasteiger charge is -2.27. The molecule has 0 aromatic heterocycles.